The van der Waals surface area contributed by atoms with Crippen LogP contribution in [0.1, 0.15) is 19.5 Å². The molecule has 0 radical (unpaired) electrons. The van der Waals surface area contributed by atoms with Gasteiger partial charge in [-0.15, -0.1) is 0 Å². The fraction of sp³-hybridized carbons (Fsp3) is 0.214. The van der Waals surface area contributed by atoms with Crippen LogP contribution in [-0.4, -0.2) is 15.3 Å². The third-order valence-corrected chi connectivity index (χ3v) is 2.16. The minimum atomic E-state index is -0.494. The van der Waals surface area contributed by atoms with E-state index in [1.165, 1.54) is 0 Å². The number of nitrogens with two attached hydrogens (primary N) is 1. The third kappa shape index (κ3) is 2.96. The predicted molar refractivity (Wildman–Crippen MR) is 68.7 cm³/mol. The molecule has 86 valence electrons. The first kappa shape index (κ1) is 11.4. The maximum absolute atomic E-state index is 5.84. The Bertz CT molecular complexity index is 550. The Kier molecular flexibility index (Phi) is 2.99. The largest absolute Gasteiger partial charge is 0.316 e. The van der Waals surface area contributed by atoms with E-state index in [-0.39, 0.29) is 0 Å². The lowest BCUT2D eigenvalue weighted by Crippen LogP contribution is -2.29. The fourth-order valence-electron chi connectivity index (χ4n) is 1.40. The van der Waals surface area contributed by atoms with Gasteiger partial charge in [0.05, 0.1) is 17.4 Å². The summed E-state index contributed by atoms with van der Waals surface area (Å²) >= 11 is 0. The van der Waals surface area contributed by atoms with Crippen LogP contribution in [0.3, 0.4) is 0 Å². The van der Waals surface area contributed by atoms with Crippen molar-refractivity contribution in [2.75, 3.05) is 0 Å². The van der Waals surface area contributed by atoms with Crippen LogP contribution in [0.5, 0.6) is 0 Å². The van der Waals surface area contributed by atoms with Crippen molar-refractivity contribution in [3.8, 4) is 17.5 Å². The van der Waals surface area contributed by atoms with Crippen LogP contribution < -0.4 is 5.73 Å². The van der Waals surface area contributed by atoms with Crippen LogP contribution in [0.25, 0.3) is 5.69 Å². The molecule has 1 heterocycles. The summed E-state index contributed by atoms with van der Waals surface area (Å²) in [6, 6.07) is 11.8. The first-order chi connectivity index (χ1) is 8.06. The van der Waals surface area contributed by atoms with Gasteiger partial charge in [-0.2, -0.15) is 5.10 Å². The van der Waals surface area contributed by atoms with E-state index in [4.69, 9.17) is 5.73 Å². The minimum Gasteiger partial charge on any atom is -0.316 e. The van der Waals surface area contributed by atoms with Gasteiger partial charge in [0.2, 0.25) is 0 Å². The van der Waals surface area contributed by atoms with Gasteiger partial charge in [0, 0.05) is 0 Å². The highest BCUT2D eigenvalue weighted by atomic mass is 15.3. The number of hydrogen-bond donors (Lipinski definition) is 1. The van der Waals surface area contributed by atoms with E-state index < -0.39 is 5.54 Å². The monoisotopic (exact) mass is 225 g/mol. The quantitative estimate of drug-likeness (QED) is 0.754. The van der Waals surface area contributed by atoms with E-state index in [1.54, 1.807) is 10.9 Å². The fourth-order valence-corrected chi connectivity index (χ4v) is 1.40. The zero-order valence-electron chi connectivity index (χ0n) is 10.0. The molecule has 0 saturated carbocycles. The number of aromatic nitrogens is 2. The topological polar surface area (TPSA) is 43.8 Å². The molecule has 0 aliphatic rings. The zero-order valence-corrected chi connectivity index (χ0v) is 10.0. The molecule has 0 spiro atoms. The molecule has 0 unspecified atom stereocenters. The highest BCUT2D eigenvalue weighted by Crippen LogP contribution is 2.09. The van der Waals surface area contributed by atoms with Crippen LogP contribution in [0.2, 0.25) is 0 Å². The first-order valence-corrected chi connectivity index (χ1v) is 5.48. The highest BCUT2D eigenvalue weighted by Gasteiger charge is 2.05. The van der Waals surface area contributed by atoms with Crippen molar-refractivity contribution in [2.45, 2.75) is 19.4 Å². The van der Waals surface area contributed by atoms with Crippen molar-refractivity contribution in [1.29, 1.82) is 0 Å². The SMILES string of the molecule is CC(C)(N)C#Cc1ccnn1-c1ccccc1. The molecule has 0 atom stereocenters. The smallest absolute Gasteiger partial charge is 0.117 e. The molecule has 0 aliphatic heterocycles. The Labute approximate surface area is 101 Å². The van der Waals surface area contributed by atoms with E-state index in [0.717, 1.165) is 11.4 Å². The van der Waals surface area contributed by atoms with Crippen molar-refractivity contribution in [3.63, 3.8) is 0 Å². The Balaban J connectivity index is 2.39. The summed E-state index contributed by atoms with van der Waals surface area (Å²) < 4.78 is 1.80. The van der Waals surface area contributed by atoms with E-state index in [0.29, 0.717) is 0 Å². The van der Waals surface area contributed by atoms with Gasteiger partial charge in [0.1, 0.15) is 5.69 Å². The first-order valence-electron chi connectivity index (χ1n) is 5.48. The molecule has 3 heteroatoms. The molecule has 17 heavy (non-hydrogen) atoms. The molecule has 0 fully saturated rings. The number of benzene rings is 1. The standard InChI is InChI=1S/C14H15N3/c1-14(2,15)10-8-13-9-11-16-17(13)12-6-4-3-5-7-12/h3-7,9,11H,15H2,1-2H3. The Morgan fingerprint density at radius 2 is 1.88 bits per heavy atom. The molecule has 0 amide bonds. The number of rotatable bonds is 1. The van der Waals surface area contributed by atoms with Gasteiger partial charge in [0.15, 0.2) is 0 Å². The molecule has 2 N–H and O–H groups in total. The second kappa shape index (κ2) is 4.44. The molecular formula is C14H15N3. The number of nitrogens with zero attached hydrogens (tertiary/aromatic N) is 2. The molecule has 2 aromatic rings. The van der Waals surface area contributed by atoms with Gasteiger partial charge >= 0.3 is 0 Å². The van der Waals surface area contributed by atoms with Crippen LogP contribution in [0.15, 0.2) is 42.6 Å². The molecule has 0 saturated heterocycles. The molecule has 2 rings (SSSR count). The van der Waals surface area contributed by atoms with E-state index in [1.807, 2.05) is 50.2 Å². The summed E-state index contributed by atoms with van der Waals surface area (Å²) in [5.74, 6) is 6.06. The summed E-state index contributed by atoms with van der Waals surface area (Å²) in [7, 11) is 0. The molecule has 0 aliphatic carbocycles. The number of hydrogen-bond acceptors (Lipinski definition) is 2. The van der Waals surface area contributed by atoms with Crippen molar-refractivity contribution >= 4 is 0 Å². The third-order valence-electron chi connectivity index (χ3n) is 2.16. The van der Waals surface area contributed by atoms with Crippen molar-refractivity contribution in [3.05, 3.63) is 48.3 Å². The average molecular weight is 225 g/mol. The van der Waals surface area contributed by atoms with Gasteiger partial charge in [0.25, 0.3) is 0 Å². The lowest BCUT2D eigenvalue weighted by atomic mass is 10.1. The Hall–Kier alpha value is -2.05. The average Bonchev–Trinajstić information content (AvgIpc) is 2.75. The normalized spacial score (nSPS) is 10.8. The maximum atomic E-state index is 5.84. The highest BCUT2D eigenvalue weighted by molar-refractivity contribution is 5.39. The summed E-state index contributed by atoms with van der Waals surface area (Å²) in [5.41, 5.74) is 7.18. The van der Waals surface area contributed by atoms with Gasteiger partial charge in [-0.1, -0.05) is 24.1 Å². The van der Waals surface area contributed by atoms with E-state index in [9.17, 15) is 0 Å². The van der Waals surface area contributed by atoms with Crippen LogP contribution in [-0.2, 0) is 0 Å². The van der Waals surface area contributed by atoms with Gasteiger partial charge < -0.3 is 5.73 Å². The minimum absolute atomic E-state index is 0.494. The van der Waals surface area contributed by atoms with E-state index in [2.05, 4.69) is 16.9 Å². The lowest BCUT2D eigenvalue weighted by Gasteiger charge is -2.08. The van der Waals surface area contributed by atoms with Gasteiger partial charge in [-0.25, -0.2) is 4.68 Å². The second-order valence-corrected chi connectivity index (χ2v) is 4.44. The van der Waals surface area contributed by atoms with Crippen LogP contribution in [0.4, 0.5) is 0 Å². The van der Waals surface area contributed by atoms with Gasteiger partial charge in [-0.05, 0) is 38.0 Å². The van der Waals surface area contributed by atoms with Crippen molar-refractivity contribution in [2.24, 2.45) is 5.73 Å². The van der Waals surface area contributed by atoms with E-state index >= 15 is 0 Å². The summed E-state index contributed by atoms with van der Waals surface area (Å²) in [6.45, 7) is 3.76. The predicted octanol–water partition coefficient (Wildman–Crippen LogP) is 1.96. The molecular weight excluding hydrogens is 210 g/mol. The second-order valence-electron chi connectivity index (χ2n) is 4.44. The number of para-hydroxylation sites is 1. The maximum Gasteiger partial charge on any atom is 0.117 e. The van der Waals surface area contributed by atoms with Crippen LogP contribution >= 0.6 is 0 Å². The van der Waals surface area contributed by atoms with Gasteiger partial charge in [-0.3, -0.25) is 0 Å². The molecule has 3 nitrogen and oxygen atoms in total. The van der Waals surface area contributed by atoms with Crippen LogP contribution in [0, 0.1) is 11.8 Å². The summed E-state index contributed by atoms with van der Waals surface area (Å²) in [6.07, 6.45) is 1.74. The van der Waals surface area contributed by atoms with Crippen molar-refractivity contribution in [1.82, 2.24) is 9.78 Å². The summed E-state index contributed by atoms with van der Waals surface area (Å²) in [5, 5.41) is 4.26. The lowest BCUT2D eigenvalue weighted by molar-refractivity contribution is 0.680. The summed E-state index contributed by atoms with van der Waals surface area (Å²) in [4.78, 5) is 0. The zero-order chi connectivity index (χ0) is 12.3. The Morgan fingerprint density at radius 3 is 2.53 bits per heavy atom. The van der Waals surface area contributed by atoms with Crippen molar-refractivity contribution < 1.29 is 0 Å². The Morgan fingerprint density at radius 1 is 1.18 bits per heavy atom. The molecule has 1 aromatic carbocycles. The molecule has 1 aromatic heterocycles. The molecule has 0 bridgehead atoms.